The van der Waals surface area contributed by atoms with Crippen molar-refractivity contribution in [3.05, 3.63) is 62.8 Å². The molecule has 0 spiro atoms. The van der Waals surface area contributed by atoms with Crippen molar-refractivity contribution in [2.45, 2.75) is 64.1 Å². The van der Waals surface area contributed by atoms with E-state index in [9.17, 15) is 36.7 Å². The Balaban J connectivity index is 1.52. The third-order valence-corrected chi connectivity index (χ3v) is 7.00. The number of nitrogens with zero attached hydrogens (tertiary/aromatic N) is 4. The van der Waals surface area contributed by atoms with E-state index in [2.05, 4.69) is 9.94 Å². The highest BCUT2D eigenvalue weighted by atomic mass is 19.4. The minimum Gasteiger partial charge on any atom is -0.336 e. The van der Waals surface area contributed by atoms with Gasteiger partial charge in [-0.1, -0.05) is 32.3 Å². The molecule has 0 N–H and O–H groups in total. The van der Waals surface area contributed by atoms with Crippen molar-refractivity contribution in [2.75, 3.05) is 19.6 Å². The van der Waals surface area contributed by atoms with E-state index in [1.807, 2.05) is 4.90 Å². The van der Waals surface area contributed by atoms with Gasteiger partial charge in [-0.25, -0.2) is 9.18 Å². The van der Waals surface area contributed by atoms with Gasteiger partial charge in [-0.3, -0.25) is 14.4 Å². The molecule has 1 aliphatic heterocycles. The van der Waals surface area contributed by atoms with Gasteiger partial charge >= 0.3 is 17.7 Å². The average Bonchev–Trinajstić information content (AvgIpc) is 2.91. The first-order valence-corrected chi connectivity index (χ1v) is 12.8. The molecule has 2 amide bonds. The van der Waals surface area contributed by atoms with Crippen molar-refractivity contribution in [3.8, 4) is 0 Å². The number of rotatable bonds is 6. The first-order valence-electron chi connectivity index (χ1n) is 12.8. The maximum absolute atomic E-state index is 14.7. The predicted molar refractivity (Wildman–Crippen MR) is 129 cm³/mol. The van der Waals surface area contributed by atoms with Crippen LogP contribution < -0.4 is 10.4 Å². The summed E-state index contributed by atoms with van der Waals surface area (Å²) in [6, 6.07) is 5.23. The molecule has 4 rings (SSSR count). The first kappa shape index (κ1) is 28.2. The normalized spacial score (nSPS) is 16.9. The fourth-order valence-electron chi connectivity index (χ4n) is 4.97. The summed E-state index contributed by atoms with van der Waals surface area (Å²) in [6.45, 7) is 2.07. The zero-order valence-electron chi connectivity index (χ0n) is 21.3. The molecule has 0 unspecified atom stereocenters. The molecule has 0 radical (unpaired) electrons. The molecule has 1 saturated heterocycles. The number of carbonyl (C=O) groups excluding carboxylic acids is 3. The van der Waals surface area contributed by atoms with Gasteiger partial charge in [-0.15, -0.1) is 5.10 Å². The smallest absolute Gasteiger partial charge is 0.336 e. The summed E-state index contributed by atoms with van der Waals surface area (Å²) < 4.78 is 52.6. The number of hydrogen-bond acceptors (Lipinski definition) is 6. The Morgan fingerprint density at radius 1 is 1.08 bits per heavy atom. The molecule has 1 saturated carbocycles. The largest absolute Gasteiger partial charge is 0.493 e. The van der Waals surface area contributed by atoms with Gasteiger partial charge in [-0.2, -0.15) is 13.2 Å². The number of hydrogen-bond donors (Lipinski definition) is 0. The van der Waals surface area contributed by atoms with Crippen LogP contribution >= 0.6 is 0 Å². The van der Waals surface area contributed by atoms with Gasteiger partial charge in [0.05, 0.1) is 11.3 Å². The zero-order chi connectivity index (χ0) is 28.3. The summed E-state index contributed by atoms with van der Waals surface area (Å²) in [5, 5.41) is 3.70. The van der Waals surface area contributed by atoms with Gasteiger partial charge in [0.25, 0.3) is 5.91 Å². The molecule has 0 bridgehead atoms. The van der Waals surface area contributed by atoms with E-state index in [1.54, 1.807) is 6.92 Å². The molecule has 1 aromatic heterocycles. The Labute approximate surface area is 221 Å². The number of amides is 2. The average molecular weight is 553 g/mol. The van der Waals surface area contributed by atoms with Crippen molar-refractivity contribution < 1.29 is 36.8 Å². The Morgan fingerprint density at radius 3 is 2.44 bits per heavy atom. The monoisotopic (exact) mass is 552 g/mol. The van der Waals surface area contributed by atoms with Crippen LogP contribution in [-0.2, 0) is 22.4 Å². The lowest BCUT2D eigenvalue weighted by atomic mass is 9.93. The van der Waals surface area contributed by atoms with Gasteiger partial charge in [0, 0.05) is 31.1 Å². The number of alkyl halides is 3. The van der Waals surface area contributed by atoms with Crippen molar-refractivity contribution in [1.29, 1.82) is 0 Å². The molecule has 1 aliphatic carbocycles. The summed E-state index contributed by atoms with van der Waals surface area (Å²) in [6.07, 6.45) is -0.178. The van der Waals surface area contributed by atoms with E-state index >= 15 is 0 Å². The fraction of sp³-hybridized carbons (Fsp3) is 0.500. The molecule has 2 heterocycles. The summed E-state index contributed by atoms with van der Waals surface area (Å²) in [7, 11) is 0. The Bertz CT molecular complexity index is 1320. The molecular weight excluding hydrogens is 524 g/mol. The van der Waals surface area contributed by atoms with Crippen LogP contribution in [0.3, 0.4) is 0 Å². The van der Waals surface area contributed by atoms with Crippen molar-refractivity contribution in [2.24, 2.45) is 0 Å². The van der Waals surface area contributed by atoms with Crippen LogP contribution in [0.1, 0.15) is 66.2 Å². The summed E-state index contributed by atoms with van der Waals surface area (Å²) in [5.41, 5.74) is -0.816. The third kappa shape index (κ3) is 6.45. The van der Waals surface area contributed by atoms with Crippen LogP contribution in [0.15, 0.2) is 29.1 Å². The fourth-order valence-corrected chi connectivity index (χ4v) is 4.97. The van der Waals surface area contributed by atoms with E-state index < -0.39 is 29.4 Å². The number of benzene rings is 1. The molecule has 1 aromatic carbocycles. The maximum Gasteiger partial charge on any atom is 0.493 e. The first-order chi connectivity index (χ1) is 18.5. The van der Waals surface area contributed by atoms with E-state index in [1.165, 1.54) is 23.1 Å². The van der Waals surface area contributed by atoms with Gasteiger partial charge in [0.15, 0.2) is 0 Å². The zero-order valence-corrected chi connectivity index (χ0v) is 21.3. The van der Waals surface area contributed by atoms with Gasteiger partial charge < -0.3 is 14.6 Å². The van der Waals surface area contributed by atoms with E-state index in [0.717, 1.165) is 38.2 Å². The lowest BCUT2D eigenvalue weighted by Crippen LogP contribution is -2.55. The van der Waals surface area contributed by atoms with Gasteiger partial charge in [0.2, 0.25) is 5.91 Å². The highest BCUT2D eigenvalue weighted by Crippen LogP contribution is 2.25. The second-order valence-corrected chi connectivity index (χ2v) is 9.67. The SMILES string of the molecule is CCc1cc(Cc2ccc(F)c(C(=O)N3CCN(C4CCCCC4)C(=O)C3)c2)nn(OC(=O)C(F)(F)F)c1=O. The van der Waals surface area contributed by atoms with Crippen LogP contribution in [0, 0.1) is 5.82 Å². The van der Waals surface area contributed by atoms with E-state index in [-0.39, 0.29) is 59.5 Å². The van der Waals surface area contributed by atoms with Gasteiger partial charge in [0.1, 0.15) is 12.4 Å². The maximum atomic E-state index is 14.7. The summed E-state index contributed by atoms with van der Waals surface area (Å²) >= 11 is 0. The lowest BCUT2D eigenvalue weighted by Gasteiger charge is -2.40. The lowest BCUT2D eigenvalue weighted by molar-refractivity contribution is -0.202. The number of halogens is 4. The quantitative estimate of drug-likeness (QED) is 0.511. The molecule has 2 aliphatic rings. The number of aryl methyl sites for hydroxylation is 1. The number of aromatic nitrogens is 2. The molecule has 13 heteroatoms. The van der Waals surface area contributed by atoms with Crippen molar-refractivity contribution in [3.63, 3.8) is 0 Å². The van der Waals surface area contributed by atoms with Crippen molar-refractivity contribution >= 4 is 17.8 Å². The highest BCUT2D eigenvalue weighted by molar-refractivity contribution is 5.97. The molecule has 2 fully saturated rings. The number of piperazine rings is 1. The van der Waals surface area contributed by atoms with Gasteiger partial charge in [-0.05, 0) is 47.9 Å². The minimum atomic E-state index is -5.33. The Kier molecular flexibility index (Phi) is 8.36. The number of carbonyl (C=O) groups is 3. The second kappa shape index (κ2) is 11.5. The van der Waals surface area contributed by atoms with Crippen LogP contribution in [0.25, 0.3) is 0 Å². The Hall–Kier alpha value is -3.77. The highest BCUT2D eigenvalue weighted by Gasteiger charge is 2.42. The second-order valence-electron chi connectivity index (χ2n) is 9.67. The van der Waals surface area contributed by atoms with E-state index in [4.69, 9.17) is 0 Å². The predicted octanol–water partition coefficient (Wildman–Crippen LogP) is 2.67. The van der Waals surface area contributed by atoms with Crippen molar-refractivity contribution in [1.82, 2.24) is 19.7 Å². The molecule has 9 nitrogen and oxygen atoms in total. The van der Waals surface area contributed by atoms with Crippen LogP contribution in [0.2, 0.25) is 0 Å². The van der Waals surface area contributed by atoms with Crippen LogP contribution in [0.4, 0.5) is 17.6 Å². The molecule has 210 valence electrons. The van der Waals surface area contributed by atoms with Crippen LogP contribution in [-0.4, -0.2) is 69.4 Å². The molecular formula is C26H28F4N4O5. The topological polar surface area (TPSA) is 102 Å². The Morgan fingerprint density at radius 2 is 1.79 bits per heavy atom. The summed E-state index contributed by atoms with van der Waals surface area (Å²) in [4.78, 5) is 56.7. The van der Waals surface area contributed by atoms with Crippen LogP contribution in [0.5, 0.6) is 0 Å². The summed E-state index contributed by atoms with van der Waals surface area (Å²) in [5.74, 6) is -4.23. The molecule has 0 atom stereocenters. The van der Waals surface area contributed by atoms with E-state index in [0.29, 0.717) is 12.1 Å². The molecule has 2 aromatic rings. The minimum absolute atomic E-state index is 0.0169. The molecule has 39 heavy (non-hydrogen) atoms. The standard InChI is InChI=1S/C26H28F4N4O5/c1-2-17-14-18(31-34(23(17)36)39-25(38)26(28,29)30)12-16-8-9-21(27)20(13-16)24(37)32-10-11-33(22(35)15-32)19-6-4-3-5-7-19/h8-9,13-14,19H,2-7,10-12,15H2,1H3. The third-order valence-electron chi connectivity index (χ3n) is 7.00.